The van der Waals surface area contributed by atoms with E-state index >= 15 is 0 Å². The molecule has 0 unspecified atom stereocenters. The molecule has 1 fully saturated rings. The molecule has 0 radical (unpaired) electrons. The molecule has 2 heterocycles. The van der Waals surface area contributed by atoms with Gasteiger partial charge >= 0.3 is 0 Å². The van der Waals surface area contributed by atoms with Gasteiger partial charge < -0.3 is 9.30 Å². The van der Waals surface area contributed by atoms with E-state index in [0.717, 1.165) is 18.7 Å². The van der Waals surface area contributed by atoms with E-state index < -0.39 is 0 Å². The summed E-state index contributed by atoms with van der Waals surface area (Å²) in [6.07, 6.45) is 2.38. The fourth-order valence-corrected chi connectivity index (χ4v) is 4.02. The minimum Gasteiger partial charge on any atom is -0.373 e. The van der Waals surface area contributed by atoms with Crippen molar-refractivity contribution in [2.45, 2.75) is 71.6 Å². The van der Waals surface area contributed by atoms with Crippen molar-refractivity contribution in [3.8, 4) is 5.82 Å². The Morgan fingerprint density at radius 3 is 2.25 bits per heavy atom. The Labute approximate surface area is 168 Å². The van der Waals surface area contributed by atoms with E-state index in [-0.39, 0.29) is 5.41 Å². The van der Waals surface area contributed by atoms with Crippen LogP contribution in [0.1, 0.15) is 62.3 Å². The zero-order valence-electron chi connectivity index (χ0n) is 17.6. The Morgan fingerprint density at radius 1 is 1.00 bits per heavy atom. The molecule has 0 bridgehead atoms. The predicted molar refractivity (Wildman–Crippen MR) is 113 cm³/mol. The van der Waals surface area contributed by atoms with E-state index in [0.29, 0.717) is 18.8 Å². The lowest BCUT2D eigenvalue weighted by atomic mass is 9.86. The summed E-state index contributed by atoms with van der Waals surface area (Å²) in [6, 6.07) is 17.4. The Bertz CT molecular complexity index is 921. The molecule has 4 heteroatoms. The van der Waals surface area contributed by atoms with E-state index in [1.807, 2.05) is 6.07 Å². The molecule has 0 aliphatic heterocycles. The minimum absolute atomic E-state index is 0.0518. The quantitative estimate of drug-likeness (QED) is 0.587. The topological polar surface area (TPSA) is 32.0 Å². The van der Waals surface area contributed by atoms with Crippen molar-refractivity contribution in [1.82, 2.24) is 14.3 Å². The fraction of sp³-hybridized carbons (Fsp3) is 0.458. The average Bonchev–Trinajstić information content (AvgIpc) is 3.18. The third kappa shape index (κ3) is 3.66. The van der Waals surface area contributed by atoms with Gasteiger partial charge in [0.1, 0.15) is 0 Å². The molecule has 1 saturated carbocycles. The highest BCUT2D eigenvalue weighted by atomic mass is 16.5. The fourth-order valence-electron chi connectivity index (χ4n) is 4.02. The van der Waals surface area contributed by atoms with Crippen LogP contribution in [0.4, 0.5) is 0 Å². The van der Waals surface area contributed by atoms with E-state index in [9.17, 15) is 0 Å². The molecule has 1 aromatic carbocycles. The van der Waals surface area contributed by atoms with Gasteiger partial charge in [-0.3, -0.25) is 4.68 Å². The Kier molecular flexibility index (Phi) is 4.92. The first-order valence-corrected chi connectivity index (χ1v) is 10.2. The summed E-state index contributed by atoms with van der Waals surface area (Å²) in [5, 5.41) is 5.04. The van der Waals surface area contributed by atoms with Crippen LogP contribution in [-0.4, -0.2) is 20.5 Å². The number of aromatic nitrogens is 3. The highest BCUT2D eigenvalue weighted by Gasteiger charge is 2.35. The summed E-state index contributed by atoms with van der Waals surface area (Å²) in [6.45, 7) is 11.8. The second-order valence-corrected chi connectivity index (χ2v) is 9.08. The van der Waals surface area contributed by atoms with Gasteiger partial charge in [-0.1, -0.05) is 51.1 Å². The van der Waals surface area contributed by atoms with Crippen molar-refractivity contribution in [3.63, 3.8) is 0 Å². The molecule has 3 aromatic rings. The number of nitrogens with zero attached hydrogens (tertiary/aromatic N) is 3. The molecular formula is C24H31N3O. The highest BCUT2D eigenvalue weighted by molar-refractivity contribution is 5.35. The number of rotatable bonds is 5. The molecule has 148 valence electrons. The molecule has 1 aliphatic rings. The SMILES string of the molecule is Cc1ccc(C)n1-c1cc(C(C)(C)C)n(C2CC(OCc3ccccc3)C2)n1. The zero-order chi connectivity index (χ0) is 19.9. The number of benzene rings is 1. The molecule has 0 spiro atoms. The van der Waals surface area contributed by atoms with Gasteiger partial charge in [0.15, 0.2) is 5.82 Å². The third-order valence-electron chi connectivity index (χ3n) is 5.74. The van der Waals surface area contributed by atoms with Crippen LogP contribution in [0.25, 0.3) is 5.82 Å². The number of hydrogen-bond acceptors (Lipinski definition) is 2. The van der Waals surface area contributed by atoms with Crippen LogP contribution >= 0.6 is 0 Å². The average molecular weight is 378 g/mol. The molecule has 0 atom stereocenters. The van der Waals surface area contributed by atoms with Crippen LogP contribution < -0.4 is 0 Å². The lowest BCUT2D eigenvalue weighted by molar-refractivity contribution is -0.0394. The van der Waals surface area contributed by atoms with Gasteiger partial charge in [-0.2, -0.15) is 5.10 Å². The highest BCUT2D eigenvalue weighted by Crippen LogP contribution is 2.38. The van der Waals surface area contributed by atoms with Crippen molar-refractivity contribution in [3.05, 3.63) is 71.2 Å². The van der Waals surface area contributed by atoms with Crippen LogP contribution in [-0.2, 0) is 16.8 Å². The van der Waals surface area contributed by atoms with Gasteiger partial charge in [0.25, 0.3) is 0 Å². The first-order chi connectivity index (χ1) is 13.3. The van der Waals surface area contributed by atoms with Crippen LogP contribution in [0.3, 0.4) is 0 Å². The van der Waals surface area contributed by atoms with Crippen LogP contribution in [0.15, 0.2) is 48.5 Å². The molecule has 0 N–H and O–H groups in total. The Hall–Kier alpha value is -2.33. The minimum atomic E-state index is 0.0518. The molecule has 28 heavy (non-hydrogen) atoms. The summed E-state index contributed by atoms with van der Waals surface area (Å²) in [5.41, 5.74) is 5.03. The van der Waals surface area contributed by atoms with Gasteiger partial charge in [0.05, 0.1) is 18.8 Å². The monoisotopic (exact) mass is 377 g/mol. The lowest BCUT2D eigenvalue weighted by Gasteiger charge is -2.37. The molecule has 0 saturated heterocycles. The van der Waals surface area contributed by atoms with Gasteiger partial charge in [0.2, 0.25) is 0 Å². The smallest absolute Gasteiger partial charge is 0.159 e. The van der Waals surface area contributed by atoms with E-state index in [4.69, 9.17) is 9.84 Å². The summed E-state index contributed by atoms with van der Waals surface area (Å²) in [7, 11) is 0. The molecule has 2 aromatic heterocycles. The first kappa shape index (κ1) is 19.0. The predicted octanol–water partition coefficient (Wildman–Crippen LogP) is 5.51. The normalized spacial score (nSPS) is 19.6. The van der Waals surface area contributed by atoms with Gasteiger partial charge in [-0.05, 0) is 44.4 Å². The van der Waals surface area contributed by atoms with Crippen LogP contribution in [0.2, 0.25) is 0 Å². The van der Waals surface area contributed by atoms with Crippen molar-refractivity contribution < 1.29 is 4.74 Å². The van der Waals surface area contributed by atoms with Crippen molar-refractivity contribution in [1.29, 1.82) is 0 Å². The molecular weight excluding hydrogens is 346 g/mol. The Morgan fingerprint density at radius 2 is 1.64 bits per heavy atom. The Balaban J connectivity index is 1.50. The van der Waals surface area contributed by atoms with E-state index in [1.54, 1.807) is 0 Å². The maximum Gasteiger partial charge on any atom is 0.159 e. The number of aryl methyl sites for hydroxylation is 2. The summed E-state index contributed by atoms with van der Waals surface area (Å²) in [4.78, 5) is 0. The van der Waals surface area contributed by atoms with Crippen molar-refractivity contribution in [2.75, 3.05) is 0 Å². The van der Waals surface area contributed by atoms with E-state index in [1.165, 1.54) is 22.6 Å². The van der Waals surface area contributed by atoms with Crippen molar-refractivity contribution >= 4 is 0 Å². The largest absolute Gasteiger partial charge is 0.373 e. The van der Waals surface area contributed by atoms with Gasteiger partial charge in [-0.15, -0.1) is 0 Å². The standard InChI is InChI=1S/C24H31N3O/c1-17-11-12-18(2)26(17)23-15-22(24(3,4)5)27(25-23)20-13-21(14-20)28-16-19-9-7-6-8-10-19/h6-12,15,20-21H,13-14,16H2,1-5H3. The first-order valence-electron chi connectivity index (χ1n) is 10.2. The van der Waals surface area contributed by atoms with E-state index in [2.05, 4.69) is 86.3 Å². The van der Waals surface area contributed by atoms with Crippen LogP contribution in [0.5, 0.6) is 0 Å². The summed E-state index contributed by atoms with van der Waals surface area (Å²) >= 11 is 0. The van der Waals surface area contributed by atoms with Gasteiger partial charge in [0, 0.05) is 28.6 Å². The summed E-state index contributed by atoms with van der Waals surface area (Å²) < 4.78 is 10.6. The van der Waals surface area contributed by atoms with Crippen molar-refractivity contribution in [2.24, 2.45) is 0 Å². The molecule has 4 nitrogen and oxygen atoms in total. The lowest BCUT2D eigenvalue weighted by Crippen LogP contribution is -2.36. The second-order valence-electron chi connectivity index (χ2n) is 9.08. The molecule has 0 amide bonds. The maximum atomic E-state index is 6.11. The summed E-state index contributed by atoms with van der Waals surface area (Å²) in [5.74, 6) is 1.03. The second kappa shape index (κ2) is 7.25. The number of hydrogen-bond donors (Lipinski definition) is 0. The van der Waals surface area contributed by atoms with Gasteiger partial charge in [-0.25, -0.2) is 0 Å². The third-order valence-corrected chi connectivity index (χ3v) is 5.74. The number of ether oxygens (including phenoxy) is 1. The molecule has 1 aliphatic carbocycles. The molecule has 4 rings (SSSR count). The van der Waals surface area contributed by atoms with Crippen LogP contribution in [0, 0.1) is 13.8 Å². The zero-order valence-corrected chi connectivity index (χ0v) is 17.6. The maximum absolute atomic E-state index is 6.11.